The van der Waals surface area contributed by atoms with Crippen LogP contribution < -0.4 is 0 Å². The van der Waals surface area contributed by atoms with Gasteiger partial charge in [0.2, 0.25) is 0 Å². The first-order chi connectivity index (χ1) is 49.9. The van der Waals surface area contributed by atoms with Gasteiger partial charge in [-0.05, 0) is 37.5 Å². The highest BCUT2D eigenvalue weighted by molar-refractivity contribution is 7.47. The van der Waals surface area contributed by atoms with Crippen molar-refractivity contribution >= 4 is 39.5 Å². The summed E-state index contributed by atoms with van der Waals surface area (Å²) in [6.45, 7) is 9.71. The zero-order valence-corrected chi connectivity index (χ0v) is 69.4. The second-order valence-electron chi connectivity index (χ2n) is 31.2. The normalized spacial score (nSPS) is 13.9. The first-order valence-corrected chi connectivity index (χ1v) is 46.5. The number of esters is 4. The Labute approximate surface area is 632 Å². The minimum Gasteiger partial charge on any atom is -0.462 e. The Morgan fingerprint density at radius 2 is 0.447 bits per heavy atom. The van der Waals surface area contributed by atoms with E-state index in [-0.39, 0.29) is 25.7 Å². The van der Waals surface area contributed by atoms with Crippen LogP contribution >= 0.6 is 15.6 Å². The van der Waals surface area contributed by atoms with E-state index in [9.17, 15) is 43.2 Å². The molecule has 3 N–H and O–H groups in total. The molecular formula is C84H164O17P2. The lowest BCUT2D eigenvalue weighted by atomic mass is 10.0. The summed E-state index contributed by atoms with van der Waals surface area (Å²) in [6, 6.07) is 0. The Kier molecular flexibility index (Phi) is 74.1. The fourth-order valence-electron chi connectivity index (χ4n) is 13.1. The molecule has 0 aromatic heterocycles. The summed E-state index contributed by atoms with van der Waals surface area (Å²) < 4.78 is 68.7. The molecule has 0 aliphatic carbocycles. The molecule has 0 saturated heterocycles. The average molecular weight is 1510 g/mol. The molecular weight excluding hydrogens is 1340 g/mol. The summed E-state index contributed by atoms with van der Waals surface area (Å²) in [6.07, 6.45) is 66.7. The Morgan fingerprint density at radius 3 is 0.660 bits per heavy atom. The lowest BCUT2D eigenvalue weighted by Crippen LogP contribution is -2.30. The summed E-state index contributed by atoms with van der Waals surface area (Å²) in [5.74, 6) is -0.462. The molecule has 612 valence electrons. The van der Waals surface area contributed by atoms with Gasteiger partial charge in [-0.1, -0.05) is 395 Å². The van der Waals surface area contributed by atoms with Gasteiger partial charge in [-0.3, -0.25) is 37.3 Å². The van der Waals surface area contributed by atoms with Gasteiger partial charge in [0.25, 0.3) is 0 Å². The van der Waals surface area contributed by atoms with Crippen LogP contribution in [-0.2, 0) is 65.4 Å². The predicted molar refractivity (Wildman–Crippen MR) is 423 cm³/mol. The number of ether oxygens (including phenoxy) is 4. The Balaban J connectivity index is 5.18. The molecule has 0 saturated carbocycles. The topological polar surface area (TPSA) is 237 Å². The van der Waals surface area contributed by atoms with Gasteiger partial charge in [0, 0.05) is 25.7 Å². The number of unbranched alkanes of at least 4 members (excludes halogenated alkanes) is 53. The molecule has 0 aromatic rings. The molecule has 0 aliphatic rings. The number of aliphatic hydroxyl groups excluding tert-OH is 1. The van der Waals surface area contributed by atoms with Crippen LogP contribution in [0.5, 0.6) is 0 Å². The largest absolute Gasteiger partial charge is 0.472 e. The van der Waals surface area contributed by atoms with Gasteiger partial charge in [-0.25, -0.2) is 9.13 Å². The molecule has 0 bridgehead atoms. The van der Waals surface area contributed by atoms with Gasteiger partial charge >= 0.3 is 39.5 Å². The minimum absolute atomic E-state index is 0.107. The standard InChI is InChI=1S/C84H164O17P2/c1-7-9-11-13-15-17-35-44-50-56-62-68-83(88)100-79(72-94-81(86)66-60-54-48-42-18-16-14-12-10-8-2)74-98-102(90,91)96-70-78(85)71-97-103(92,93)99-75-80(101-84(89)69-63-57-51-45-39-34-30-26-22-20-24-28-32-37-41-47-53-59-65-77(5)6)73-95-82(87)67-61-55-49-43-38-33-29-25-21-19-23-27-31-36-40-46-52-58-64-76(3)4/h76-80,85H,7-75H2,1-6H3,(H,90,91)(H,92,93)/t78-,79+,80+/m0/s1. The zero-order valence-electron chi connectivity index (χ0n) is 67.6. The molecule has 0 aromatic carbocycles. The number of hydrogen-bond acceptors (Lipinski definition) is 15. The number of rotatable bonds is 83. The summed E-state index contributed by atoms with van der Waals surface area (Å²) in [4.78, 5) is 73.0. The van der Waals surface area contributed by atoms with E-state index >= 15 is 0 Å². The van der Waals surface area contributed by atoms with E-state index in [2.05, 4.69) is 41.5 Å². The Hall–Kier alpha value is -1.94. The second-order valence-corrected chi connectivity index (χ2v) is 34.1. The van der Waals surface area contributed by atoms with Crippen molar-refractivity contribution in [2.24, 2.45) is 11.8 Å². The van der Waals surface area contributed by atoms with Crippen LogP contribution in [0.1, 0.15) is 446 Å². The highest BCUT2D eigenvalue weighted by Gasteiger charge is 2.30. The maximum atomic E-state index is 13.1. The molecule has 0 aliphatic heterocycles. The molecule has 19 heteroatoms. The van der Waals surface area contributed by atoms with Gasteiger partial charge in [0.15, 0.2) is 12.2 Å². The Morgan fingerprint density at radius 1 is 0.262 bits per heavy atom. The van der Waals surface area contributed by atoms with Crippen LogP contribution in [0.4, 0.5) is 0 Å². The summed E-state index contributed by atoms with van der Waals surface area (Å²) in [5.41, 5.74) is 0. The second kappa shape index (κ2) is 75.5. The van der Waals surface area contributed by atoms with Gasteiger partial charge < -0.3 is 33.8 Å². The van der Waals surface area contributed by atoms with Crippen LogP contribution in [0.3, 0.4) is 0 Å². The van der Waals surface area contributed by atoms with Crippen molar-refractivity contribution in [3.05, 3.63) is 0 Å². The quantitative estimate of drug-likeness (QED) is 0.0222. The SMILES string of the molecule is CCCCCCCCCCCCCC(=O)O[C@H](COC(=O)CCCCCCCCCCCC)COP(=O)(O)OC[C@H](O)COP(=O)(O)OC[C@@H](COC(=O)CCCCCCCCCCCCCCCCCCCCC(C)C)OC(=O)CCCCCCCCCCCCCCCCCCCCC(C)C. The molecule has 2 unspecified atom stereocenters. The van der Waals surface area contributed by atoms with E-state index in [1.807, 2.05) is 0 Å². The number of carbonyl (C=O) groups is 4. The van der Waals surface area contributed by atoms with Crippen molar-refractivity contribution in [1.82, 2.24) is 0 Å². The molecule has 0 spiro atoms. The molecule has 103 heavy (non-hydrogen) atoms. The number of carbonyl (C=O) groups excluding carboxylic acids is 4. The fraction of sp³-hybridized carbons (Fsp3) is 0.952. The average Bonchev–Trinajstić information content (AvgIpc) is 0.913. The number of hydrogen-bond donors (Lipinski definition) is 3. The van der Waals surface area contributed by atoms with Gasteiger partial charge in [-0.15, -0.1) is 0 Å². The zero-order chi connectivity index (χ0) is 75.6. The number of phosphoric ester groups is 2. The fourth-order valence-corrected chi connectivity index (χ4v) is 14.6. The van der Waals surface area contributed by atoms with E-state index in [1.165, 1.54) is 263 Å². The first kappa shape index (κ1) is 101. The van der Waals surface area contributed by atoms with Crippen LogP contribution in [0.25, 0.3) is 0 Å². The third-order valence-corrected chi connectivity index (χ3v) is 21.6. The van der Waals surface area contributed by atoms with E-state index in [0.717, 1.165) is 102 Å². The van der Waals surface area contributed by atoms with Crippen molar-refractivity contribution in [1.29, 1.82) is 0 Å². The maximum Gasteiger partial charge on any atom is 0.472 e. The summed E-state index contributed by atoms with van der Waals surface area (Å²) >= 11 is 0. The van der Waals surface area contributed by atoms with Gasteiger partial charge in [0.1, 0.15) is 19.3 Å². The maximum absolute atomic E-state index is 13.1. The van der Waals surface area contributed by atoms with Crippen molar-refractivity contribution in [2.45, 2.75) is 464 Å². The van der Waals surface area contributed by atoms with Crippen LogP contribution in [-0.4, -0.2) is 96.7 Å². The highest BCUT2D eigenvalue weighted by Crippen LogP contribution is 2.45. The van der Waals surface area contributed by atoms with Crippen LogP contribution in [0.15, 0.2) is 0 Å². The minimum atomic E-state index is -4.96. The first-order valence-electron chi connectivity index (χ1n) is 43.5. The molecule has 0 amide bonds. The van der Waals surface area contributed by atoms with Crippen molar-refractivity contribution in [2.75, 3.05) is 39.6 Å². The van der Waals surface area contributed by atoms with E-state index in [0.29, 0.717) is 25.7 Å². The highest BCUT2D eigenvalue weighted by atomic mass is 31.2. The monoisotopic (exact) mass is 1510 g/mol. The smallest absolute Gasteiger partial charge is 0.462 e. The lowest BCUT2D eigenvalue weighted by molar-refractivity contribution is -0.161. The predicted octanol–water partition coefficient (Wildman–Crippen LogP) is 25.5. The van der Waals surface area contributed by atoms with Gasteiger partial charge in [-0.2, -0.15) is 0 Å². The van der Waals surface area contributed by atoms with Crippen molar-refractivity contribution in [3.63, 3.8) is 0 Å². The van der Waals surface area contributed by atoms with Crippen LogP contribution in [0, 0.1) is 11.8 Å². The van der Waals surface area contributed by atoms with Crippen molar-refractivity contribution < 1.29 is 80.2 Å². The molecule has 0 fully saturated rings. The third kappa shape index (κ3) is 78.0. The number of aliphatic hydroxyl groups is 1. The summed E-state index contributed by atoms with van der Waals surface area (Å²) in [7, 11) is -9.92. The molecule has 0 rings (SSSR count). The van der Waals surface area contributed by atoms with Crippen molar-refractivity contribution in [3.8, 4) is 0 Å². The van der Waals surface area contributed by atoms with Crippen LogP contribution in [0.2, 0.25) is 0 Å². The molecule has 0 radical (unpaired) electrons. The molecule has 17 nitrogen and oxygen atoms in total. The van der Waals surface area contributed by atoms with E-state index in [1.54, 1.807) is 0 Å². The number of phosphoric acid groups is 2. The Bertz CT molecular complexity index is 1980. The van der Waals surface area contributed by atoms with Gasteiger partial charge in [0.05, 0.1) is 26.4 Å². The lowest BCUT2D eigenvalue weighted by Gasteiger charge is -2.21. The third-order valence-electron chi connectivity index (χ3n) is 19.7. The molecule has 0 heterocycles. The summed E-state index contributed by atoms with van der Waals surface area (Å²) in [5, 5.41) is 10.6. The van der Waals surface area contributed by atoms with E-state index < -0.39 is 97.5 Å². The van der Waals surface area contributed by atoms with E-state index in [4.69, 9.17) is 37.0 Å². The molecule has 5 atom stereocenters.